The molecule has 1 fully saturated rings. The molecule has 0 spiro atoms. The Labute approximate surface area is 102 Å². The summed E-state index contributed by atoms with van der Waals surface area (Å²) in [5, 5.41) is 0.0945. The first-order valence-electron chi connectivity index (χ1n) is 5.26. The van der Waals surface area contributed by atoms with Crippen molar-refractivity contribution in [3.8, 4) is 0 Å². The maximum Gasteiger partial charge on any atom is 0.433 e. The number of rotatable bonds is 1. The Kier molecular flexibility index (Phi) is 3.42. The van der Waals surface area contributed by atoms with E-state index in [2.05, 4.69) is 9.97 Å². The fourth-order valence-corrected chi connectivity index (χ4v) is 1.90. The lowest BCUT2D eigenvalue weighted by molar-refractivity contribution is -0.141. The van der Waals surface area contributed by atoms with Gasteiger partial charge in [0, 0.05) is 24.7 Å². The van der Waals surface area contributed by atoms with E-state index >= 15 is 0 Å². The van der Waals surface area contributed by atoms with Crippen molar-refractivity contribution in [2.45, 2.75) is 24.4 Å². The molecule has 0 bridgehead atoms. The zero-order valence-corrected chi connectivity index (χ0v) is 9.67. The Balaban J connectivity index is 2.16. The van der Waals surface area contributed by atoms with Crippen LogP contribution in [0.2, 0.25) is 0 Å². The minimum Gasteiger partial charge on any atom is -0.341 e. The van der Waals surface area contributed by atoms with Crippen LogP contribution in [-0.2, 0) is 6.18 Å². The van der Waals surface area contributed by atoms with Gasteiger partial charge in [0.15, 0.2) is 0 Å². The quantitative estimate of drug-likeness (QED) is 0.731. The molecule has 1 aliphatic heterocycles. The number of hydrogen-bond acceptors (Lipinski definition) is 3. The van der Waals surface area contributed by atoms with Gasteiger partial charge in [0.2, 0.25) is 5.95 Å². The number of alkyl halides is 4. The van der Waals surface area contributed by atoms with Crippen molar-refractivity contribution in [1.29, 1.82) is 0 Å². The fourth-order valence-electron chi connectivity index (χ4n) is 1.71. The highest BCUT2D eigenvalue weighted by Crippen LogP contribution is 2.28. The van der Waals surface area contributed by atoms with Crippen LogP contribution in [0.3, 0.4) is 0 Å². The Hall–Kier alpha value is -1.04. The highest BCUT2D eigenvalue weighted by Gasteiger charge is 2.33. The average Bonchev–Trinajstić information content (AvgIpc) is 2.29. The van der Waals surface area contributed by atoms with E-state index in [0.29, 0.717) is 13.1 Å². The summed E-state index contributed by atoms with van der Waals surface area (Å²) in [6.45, 7) is 1.19. The van der Waals surface area contributed by atoms with Crippen molar-refractivity contribution in [3.05, 3.63) is 18.0 Å². The van der Waals surface area contributed by atoms with Gasteiger partial charge in [-0.25, -0.2) is 9.97 Å². The van der Waals surface area contributed by atoms with Crippen molar-refractivity contribution >= 4 is 17.5 Å². The van der Waals surface area contributed by atoms with Gasteiger partial charge in [0.1, 0.15) is 5.69 Å². The molecule has 94 valence electrons. The molecule has 0 atom stereocenters. The largest absolute Gasteiger partial charge is 0.433 e. The molecule has 2 rings (SSSR count). The van der Waals surface area contributed by atoms with Crippen molar-refractivity contribution < 1.29 is 13.2 Å². The van der Waals surface area contributed by atoms with Gasteiger partial charge in [-0.2, -0.15) is 13.2 Å². The van der Waals surface area contributed by atoms with Gasteiger partial charge in [-0.05, 0) is 18.9 Å². The third kappa shape index (κ3) is 3.00. The number of aromatic nitrogens is 2. The van der Waals surface area contributed by atoms with Gasteiger partial charge in [-0.15, -0.1) is 11.6 Å². The molecular formula is C10H11ClF3N3. The van der Waals surface area contributed by atoms with Crippen LogP contribution in [0.5, 0.6) is 0 Å². The first-order chi connectivity index (χ1) is 7.97. The minimum atomic E-state index is -4.43. The summed E-state index contributed by atoms with van der Waals surface area (Å²) in [5.41, 5.74) is -0.907. The standard InChI is InChI=1S/C10H11ClF3N3/c11-7-2-5-17(6-3-7)9-15-4-1-8(16-9)10(12,13)14/h1,4,7H,2-3,5-6H2. The maximum absolute atomic E-state index is 12.5. The van der Waals surface area contributed by atoms with E-state index in [1.54, 1.807) is 4.90 Å². The molecule has 0 aromatic carbocycles. The summed E-state index contributed by atoms with van der Waals surface area (Å²) in [6, 6.07) is 0.873. The zero-order valence-electron chi connectivity index (χ0n) is 8.91. The normalized spacial score (nSPS) is 18.5. The van der Waals surface area contributed by atoms with Gasteiger partial charge >= 0.3 is 6.18 Å². The summed E-state index contributed by atoms with van der Waals surface area (Å²) < 4.78 is 37.4. The van der Waals surface area contributed by atoms with Gasteiger partial charge < -0.3 is 4.90 Å². The van der Waals surface area contributed by atoms with Crippen LogP contribution >= 0.6 is 11.6 Å². The Morgan fingerprint density at radius 3 is 2.53 bits per heavy atom. The Morgan fingerprint density at radius 1 is 1.29 bits per heavy atom. The van der Waals surface area contributed by atoms with Gasteiger partial charge in [-0.1, -0.05) is 0 Å². The van der Waals surface area contributed by atoms with E-state index in [-0.39, 0.29) is 11.3 Å². The molecule has 0 radical (unpaired) electrons. The summed E-state index contributed by atoms with van der Waals surface area (Å²) >= 11 is 5.93. The van der Waals surface area contributed by atoms with E-state index in [0.717, 1.165) is 25.1 Å². The van der Waals surface area contributed by atoms with Crippen molar-refractivity contribution in [1.82, 2.24) is 9.97 Å². The van der Waals surface area contributed by atoms with Crippen molar-refractivity contribution in [2.24, 2.45) is 0 Å². The zero-order chi connectivity index (χ0) is 12.5. The summed E-state index contributed by atoms with van der Waals surface area (Å²) in [6.07, 6.45) is -1.82. The van der Waals surface area contributed by atoms with E-state index in [1.807, 2.05) is 0 Å². The molecule has 17 heavy (non-hydrogen) atoms. The van der Waals surface area contributed by atoms with Crippen LogP contribution in [-0.4, -0.2) is 28.4 Å². The van der Waals surface area contributed by atoms with E-state index in [1.165, 1.54) is 0 Å². The van der Waals surface area contributed by atoms with Crippen LogP contribution in [0.4, 0.5) is 19.1 Å². The van der Waals surface area contributed by atoms with Crippen molar-refractivity contribution in [3.63, 3.8) is 0 Å². The van der Waals surface area contributed by atoms with Gasteiger partial charge in [0.05, 0.1) is 0 Å². The second-order valence-corrected chi connectivity index (χ2v) is 4.52. The van der Waals surface area contributed by atoms with E-state index < -0.39 is 11.9 Å². The number of anilines is 1. The molecular weight excluding hydrogens is 255 g/mol. The van der Waals surface area contributed by atoms with Crippen molar-refractivity contribution in [2.75, 3.05) is 18.0 Å². The summed E-state index contributed by atoms with van der Waals surface area (Å²) in [4.78, 5) is 9.14. The average molecular weight is 266 g/mol. The fraction of sp³-hybridized carbons (Fsp3) is 0.600. The van der Waals surface area contributed by atoms with Crippen LogP contribution in [0.1, 0.15) is 18.5 Å². The molecule has 7 heteroatoms. The molecule has 1 saturated heterocycles. The molecule has 1 aliphatic rings. The summed E-state index contributed by atoms with van der Waals surface area (Å²) in [7, 11) is 0. The number of halogens is 4. The monoisotopic (exact) mass is 265 g/mol. The molecule has 0 N–H and O–H groups in total. The number of piperidine rings is 1. The molecule has 2 heterocycles. The predicted molar refractivity (Wildman–Crippen MR) is 58.1 cm³/mol. The first kappa shape index (κ1) is 12.4. The second kappa shape index (κ2) is 4.68. The van der Waals surface area contributed by atoms with Crippen LogP contribution in [0.15, 0.2) is 12.3 Å². The highest BCUT2D eigenvalue weighted by molar-refractivity contribution is 6.20. The number of hydrogen-bond donors (Lipinski definition) is 0. The lowest BCUT2D eigenvalue weighted by atomic mass is 10.1. The molecule has 3 nitrogen and oxygen atoms in total. The summed E-state index contributed by atoms with van der Waals surface area (Å²) in [5.74, 6) is 0.128. The molecule has 0 amide bonds. The van der Waals surface area contributed by atoms with Crippen LogP contribution in [0.25, 0.3) is 0 Å². The minimum absolute atomic E-state index is 0.0945. The highest BCUT2D eigenvalue weighted by atomic mass is 35.5. The SMILES string of the molecule is FC(F)(F)c1ccnc(N2CCC(Cl)CC2)n1. The van der Waals surface area contributed by atoms with Crippen LogP contribution in [0, 0.1) is 0 Å². The molecule has 0 aliphatic carbocycles. The number of nitrogens with zero attached hydrogens (tertiary/aromatic N) is 3. The molecule has 0 unspecified atom stereocenters. The molecule has 0 saturated carbocycles. The van der Waals surface area contributed by atoms with Gasteiger partial charge in [0.25, 0.3) is 0 Å². The first-order valence-corrected chi connectivity index (χ1v) is 5.70. The lowest BCUT2D eigenvalue weighted by Crippen LogP contribution is -2.35. The lowest BCUT2D eigenvalue weighted by Gasteiger charge is -2.29. The molecule has 1 aromatic rings. The maximum atomic E-state index is 12.5. The Morgan fingerprint density at radius 2 is 1.94 bits per heavy atom. The molecule has 1 aromatic heterocycles. The third-order valence-corrected chi connectivity index (χ3v) is 3.08. The Bertz CT molecular complexity index is 389. The third-order valence-electron chi connectivity index (χ3n) is 2.64. The second-order valence-electron chi connectivity index (χ2n) is 3.90. The topological polar surface area (TPSA) is 29.0 Å². The van der Waals surface area contributed by atoms with Gasteiger partial charge in [-0.3, -0.25) is 0 Å². The smallest absolute Gasteiger partial charge is 0.341 e. The van der Waals surface area contributed by atoms with Crippen LogP contribution < -0.4 is 4.90 Å². The predicted octanol–water partition coefficient (Wildman–Crippen LogP) is 2.70. The van der Waals surface area contributed by atoms with E-state index in [9.17, 15) is 13.2 Å². The van der Waals surface area contributed by atoms with E-state index in [4.69, 9.17) is 11.6 Å².